The highest BCUT2D eigenvalue weighted by atomic mass is 32.2. The van der Waals surface area contributed by atoms with Gasteiger partial charge in [-0.05, 0) is 49.2 Å². The van der Waals surface area contributed by atoms with Crippen molar-refractivity contribution in [3.8, 4) is 5.69 Å². The molecular formula is C20H20N4O3S. The zero-order valence-corrected chi connectivity index (χ0v) is 16.4. The number of carbonyl (C=O) groups excluding carboxylic acids is 2. The van der Waals surface area contributed by atoms with Gasteiger partial charge in [0, 0.05) is 0 Å². The van der Waals surface area contributed by atoms with Gasteiger partial charge in [-0.2, -0.15) is 0 Å². The van der Waals surface area contributed by atoms with Crippen molar-refractivity contribution in [1.29, 1.82) is 0 Å². The van der Waals surface area contributed by atoms with E-state index < -0.39 is 5.91 Å². The first-order valence-electron chi connectivity index (χ1n) is 8.63. The summed E-state index contributed by atoms with van der Waals surface area (Å²) in [4.78, 5) is 40.6. The molecule has 0 aliphatic heterocycles. The number of amides is 2. The number of hydrogen-bond donors (Lipinski definition) is 2. The Bertz CT molecular complexity index is 1100. The average molecular weight is 396 g/mol. The lowest BCUT2D eigenvalue weighted by atomic mass is 10.1. The molecule has 2 aromatic carbocycles. The van der Waals surface area contributed by atoms with Gasteiger partial charge in [-0.25, -0.2) is 4.98 Å². The van der Waals surface area contributed by atoms with E-state index in [9.17, 15) is 14.4 Å². The van der Waals surface area contributed by atoms with E-state index in [0.29, 0.717) is 21.7 Å². The van der Waals surface area contributed by atoms with Crippen LogP contribution in [0.2, 0.25) is 0 Å². The summed E-state index contributed by atoms with van der Waals surface area (Å²) in [6.07, 6.45) is 0. The number of carbonyl (C=O) groups is 2. The molecule has 28 heavy (non-hydrogen) atoms. The molecule has 0 unspecified atom stereocenters. The highest BCUT2D eigenvalue weighted by molar-refractivity contribution is 7.99. The molecule has 0 aliphatic rings. The van der Waals surface area contributed by atoms with Crippen LogP contribution in [0.4, 0.5) is 0 Å². The minimum Gasteiger partial charge on any atom is -0.368 e. The Morgan fingerprint density at radius 1 is 1.14 bits per heavy atom. The van der Waals surface area contributed by atoms with Crippen molar-refractivity contribution < 1.29 is 9.59 Å². The van der Waals surface area contributed by atoms with Gasteiger partial charge in [0.05, 0.1) is 28.9 Å². The van der Waals surface area contributed by atoms with E-state index in [-0.39, 0.29) is 23.8 Å². The third-order valence-corrected chi connectivity index (χ3v) is 4.94. The third kappa shape index (κ3) is 4.40. The van der Waals surface area contributed by atoms with Crippen LogP contribution in [0.25, 0.3) is 16.6 Å². The van der Waals surface area contributed by atoms with E-state index in [1.165, 1.54) is 4.57 Å². The van der Waals surface area contributed by atoms with Crippen LogP contribution in [-0.2, 0) is 9.59 Å². The van der Waals surface area contributed by atoms with Crippen LogP contribution in [0.15, 0.2) is 52.4 Å². The number of thioether (sulfide) groups is 1. The first-order valence-corrected chi connectivity index (χ1v) is 9.62. The van der Waals surface area contributed by atoms with Crippen LogP contribution in [0.5, 0.6) is 0 Å². The molecule has 2 amide bonds. The maximum atomic E-state index is 13.2. The molecule has 0 saturated heterocycles. The zero-order chi connectivity index (χ0) is 20.3. The SMILES string of the molecule is Cc1cc(C)cc(-n2c(SCC(=O)NCC(N)=O)nc3ccccc3c2=O)c1. The fraction of sp³-hybridized carbons (Fsp3) is 0.200. The number of nitrogens with two attached hydrogens (primary N) is 1. The van der Waals surface area contributed by atoms with Gasteiger partial charge in [0.2, 0.25) is 11.8 Å². The average Bonchev–Trinajstić information content (AvgIpc) is 2.64. The normalized spacial score (nSPS) is 10.8. The Balaban J connectivity index is 2.06. The van der Waals surface area contributed by atoms with Gasteiger partial charge in [-0.3, -0.25) is 19.0 Å². The van der Waals surface area contributed by atoms with E-state index in [1.807, 2.05) is 38.1 Å². The van der Waals surface area contributed by atoms with Gasteiger partial charge in [0.25, 0.3) is 5.56 Å². The molecule has 0 saturated carbocycles. The monoisotopic (exact) mass is 396 g/mol. The molecule has 3 N–H and O–H groups in total. The van der Waals surface area contributed by atoms with Gasteiger partial charge in [0.1, 0.15) is 0 Å². The minimum atomic E-state index is -0.616. The highest BCUT2D eigenvalue weighted by Crippen LogP contribution is 2.22. The van der Waals surface area contributed by atoms with Crippen molar-refractivity contribution in [2.24, 2.45) is 5.73 Å². The summed E-state index contributed by atoms with van der Waals surface area (Å²) in [5, 5.41) is 3.34. The van der Waals surface area contributed by atoms with Crippen molar-refractivity contribution in [2.45, 2.75) is 19.0 Å². The van der Waals surface area contributed by atoms with Gasteiger partial charge in [0.15, 0.2) is 5.16 Å². The molecule has 0 fully saturated rings. The molecule has 8 heteroatoms. The van der Waals surface area contributed by atoms with E-state index in [0.717, 1.165) is 22.9 Å². The Kier molecular flexibility index (Phi) is 5.79. The fourth-order valence-electron chi connectivity index (χ4n) is 2.88. The molecule has 0 radical (unpaired) electrons. The predicted molar refractivity (Wildman–Crippen MR) is 110 cm³/mol. The van der Waals surface area contributed by atoms with E-state index in [2.05, 4.69) is 10.3 Å². The molecule has 1 heterocycles. The lowest BCUT2D eigenvalue weighted by molar-refractivity contribution is -0.123. The van der Waals surface area contributed by atoms with Crippen molar-refractivity contribution in [1.82, 2.24) is 14.9 Å². The number of nitrogens with one attached hydrogen (secondary N) is 1. The second kappa shape index (κ2) is 8.26. The maximum Gasteiger partial charge on any atom is 0.266 e. The number of benzene rings is 2. The van der Waals surface area contributed by atoms with Crippen LogP contribution in [0.3, 0.4) is 0 Å². The smallest absolute Gasteiger partial charge is 0.266 e. The predicted octanol–water partition coefficient (Wildman–Crippen LogP) is 1.70. The van der Waals surface area contributed by atoms with Gasteiger partial charge < -0.3 is 11.1 Å². The number of fused-ring (bicyclic) bond motifs is 1. The van der Waals surface area contributed by atoms with Crippen molar-refractivity contribution in [3.63, 3.8) is 0 Å². The lowest BCUT2D eigenvalue weighted by Crippen LogP contribution is -2.34. The van der Waals surface area contributed by atoms with E-state index in [4.69, 9.17) is 5.73 Å². The number of nitrogens with zero attached hydrogens (tertiary/aromatic N) is 2. The Hall–Kier alpha value is -3.13. The first kappa shape index (κ1) is 19.6. The number of para-hydroxylation sites is 1. The standard InChI is InChI=1S/C20H20N4O3S/c1-12-7-13(2)9-14(8-12)24-19(27)15-5-3-4-6-16(15)23-20(24)28-11-18(26)22-10-17(21)25/h3-9H,10-11H2,1-2H3,(H2,21,25)(H,22,26). The number of hydrogen-bond acceptors (Lipinski definition) is 5. The van der Waals surface area contributed by atoms with Crippen LogP contribution in [0, 0.1) is 13.8 Å². The summed E-state index contributed by atoms with van der Waals surface area (Å²) in [6.45, 7) is 3.69. The van der Waals surface area contributed by atoms with E-state index in [1.54, 1.807) is 18.2 Å². The highest BCUT2D eigenvalue weighted by Gasteiger charge is 2.15. The Morgan fingerprint density at radius 3 is 2.50 bits per heavy atom. The second-order valence-corrected chi connectivity index (χ2v) is 7.37. The van der Waals surface area contributed by atoms with Crippen LogP contribution in [0.1, 0.15) is 11.1 Å². The van der Waals surface area contributed by atoms with Crippen LogP contribution < -0.4 is 16.6 Å². The molecule has 1 aromatic heterocycles. The van der Waals surface area contributed by atoms with E-state index >= 15 is 0 Å². The van der Waals surface area contributed by atoms with Gasteiger partial charge in [-0.15, -0.1) is 0 Å². The van der Waals surface area contributed by atoms with Crippen molar-refractivity contribution in [3.05, 3.63) is 63.9 Å². The summed E-state index contributed by atoms with van der Waals surface area (Å²) in [6, 6.07) is 12.9. The summed E-state index contributed by atoms with van der Waals surface area (Å²) in [5.41, 5.74) is 8.14. The number of aromatic nitrogens is 2. The van der Waals surface area contributed by atoms with Gasteiger partial charge >= 0.3 is 0 Å². The molecule has 0 bridgehead atoms. The summed E-state index contributed by atoms with van der Waals surface area (Å²) < 4.78 is 1.52. The van der Waals surface area contributed by atoms with Crippen LogP contribution in [-0.4, -0.2) is 33.7 Å². The molecule has 3 rings (SSSR count). The van der Waals surface area contributed by atoms with Crippen LogP contribution >= 0.6 is 11.8 Å². The molecule has 0 spiro atoms. The largest absolute Gasteiger partial charge is 0.368 e. The third-order valence-electron chi connectivity index (χ3n) is 4.00. The number of primary amides is 1. The topological polar surface area (TPSA) is 107 Å². The second-order valence-electron chi connectivity index (χ2n) is 6.43. The Labute approximate surface area is 166 Å². The lowest BCUT2D eigenvalue weighted by Gasteiger charge is -2.14. The van der Waals surface area contributed by atoms with Gasteiger partial charge in [-0.1, -0.05) is 30.0 Å². The molecule has 144 valence electrons. The quantitative estimate of drug-likeness (QED) is 0.487. The molecule has 7 nitrogen and oxygen atoms in total. The summed E-state index contributed by atoms with van der Waals surface area (Å²) in [7, 11) is 0. The number of rotatable bonds is 6. The maximum absolute atomic E-state index is 13.2. The number of aryl methyl sites for hydroxylation is 2. The minimum absolute atomic E-state index is 0.00284. The fourth-order valence-corrected chi connectivity index (χ4v) is 3.73. The summed E-state index contributed by atoms with van der Waals surface area (Å²) in [5.74, 6) is -0.976. The molecule has 0 aliphatic carbocycles. The Morgan fingerprint density at radius 2 is 1.82 bits per heavy atom. The molecule has 0 atom stereocenters. The molecular weight excluding hydrogens is 376 g/mol. The zero-order valence-electron chi connectivity index (χ0n) is 15.6. The first-order chi connectivity index (χ1) is 13.3. The molecule has 3 aromatic rings. The summed E-state index contributed by atoms with van der Waals surface area (Å²) >= 11 is 1.13. The van der Waals surface area contributed by atoms with Crippen molar-refractivity contribution >= 4 is 34.5 Å². The van der Waals surface area contributed by atoms with Crippen molar-refractivity contribution in [2.75, 3.05) is 12.3 Å².